The van der Waals surface area contributed by atoms with E-state index in [1.54, 1.807) is 12.3 Å². The first-order valence-electron chi connectivity index (χ1n) is 6.99. The molecule has 1 amide bonds. The summed E-state index contributed by atoms with van der Waals surface area (Å²) < 4.78 is 6.34. The molecule has 1 aromatic heterocycles. The smallest absolute Gasteiger partial charge is 0.263 e. The molecule has 0 aliphatic heterocycles. The van der Waals surface area contributed by atoms with Crippen molar-refractivity contribution in [2.24, 2.45) is 0 Å². The number of aromatic nitrogens is 1. The fraction of sp³-hybridized carbons (Fsp3) is 0.294. The molecule has 22 heavy (non-hydrogen) atoms. The number of rotatable bonds is 4. The number of hydrogen-bond acceptors (Lipinski definition) is 3. The van der Waals surface area contributed by atoms with E-state index in [1.165, 1.54) is 5.56 Å². The molecule has 1 heterocycles. The maximum atomic E-state index is 11.8. The van der Waals surface area contributed by atoms with Crippen molar-refractivity contribution in [1.29, 1.82) is 0 Å². The van der Waals surface area contributed by atoms with Crippen LogP contribution < -0.4 is 10.1 Å². The van der Waals surface area contributed by atoms with Crippen LogP contribution in [0, 0.1) is 0 Å². The van der Waals surface area contributed by atoms with Crippen LogP contribution in [-0.4, -0.2) is 17.5 Å². The SMILES string of the molecule is CC(C)(C)c1ccc(OCC(=O)Nc2ccc(Br)cn2)cc1. The van der Waals surface area contributed by atoms with Crippen LogP contribution in [0.3, 0.4) is 0 Å². The van der Waals surface area contributed by atoms with Crippen molar-refractivity contribution < 1.29 is 9.53 Å². The normalized spacial score (nSPS) is 11.1. The summed E-state index contributed by atoms with van der Waals surface area (Å²) in [6.45, 7) is 6.41. The number of nitrogens with zero attached hydrogens (tertiary/aromatic N) is 1. The molecule has 0 fully saturated rings. The molecule has 0 aliphatic rings. The Bertz CT molecular complexity index is 631. The minimum Gasteiger partial charge on any atom is -0.484 e. The van der Waals surface area contributed by atoms with Crippen molar-refractivity contribution in [3.63, 3.8) is 0 Å². The highest BCUT2D eigenvalue weighted by molar-refractivity contribution is 9.10. The first-order valence-corrected chi connectivity index (χ1v) is 7.78. The lowest BCUT2D eigenvalue weighted by Crippen LogP contribution is -2.20. The average molecular weight is 363 g/mol. The van der Waals surface area contributed by atoms with Crippen LogP contribution >= 0.6 is 15.9 Å². The van der Waals surface area contributed by atoms with Crippen molar-refractivity contribution in [2.45, 2.75) is 26.2 Å². The Kier molecular flexibility index (Phi) is 5.19. The summed E-state index contributed by atoms with van der Waals surface area (Å²) in [4.78, 5) is 15.9. The third kappa shape index (κ3) is 4.84. The average Bonchev–Trinajstić information content (AvgIpc) is 2.47. The van der Waals surface area contributed by atoms with Gasteiger partial charge in [-0.05, 0) is 51.2 Å². The Balaban J connectivity index is 1.87. The second kappa shape index (κ2) is 6.92. The second-order valence-corrected chi connectivity index (χ2v) is 6.89. The Hall–Kier alpha value is -1.88. The molecular weight excluding hydrogens is 344 g/mol. The molecular formula is C17H19BrN2O2. The molecule has 0 saturated heterocycles. The Morgan fingerprint density at radius 1 is 1.18 bits per heavy atom. The van der Waals surface area contributed by atoms with Gasteiger partial charge in [0, 0.05) is 10.7 Å². The van der Waals surface area contributed by atoms with Crippen molar-refractivity contribution in [2.75, 3.05) is 11.9 Å². The van der Waals surface area contributed by atoms with E-state index in [4.69, 9.17) is 4.74 Å². The number of hydrogen-bond donors (Lipinski definition) is 1. The Labute approximate surface area is 139 Å². The van der Waals surface area contributed by atoms with E-state index in [0.29, 0.717) is 11.6 Å². The molecule has 1 aromatic carbocycles. The molecule has 0 atom stereocenters. The van der Waals surface area contributed by atoms with Crippen LogP contribution in [0.5, 0.6) is 5.75 Å². The van der Waals surface area contributed by atoms with Gasteiger partial charge in [0.15, 0.2) is 6.61 Å². The molecule has 4 nitrogen and oxygen atoms in total. The predicted molar refractivity (Wildman–Crippen MR) is 91.2 cm³/mol. The number of nitrogens with one attached hydrogen (secondary N) is 1. The minimum atomic E-state index is -0.241. The molecule has 0 spiro atoms. The van der Waals surface area contributed by atoms with Crippen LogP contribution in [-0.2, 0) is 10.2 Å². The number of anilines is 1. The molecule has 0 aliphatic carbocycles. The summed E-state index contributed by atoms with van der Waals surface area (Å²) in [7, 11) is 0. The number of ether oxygens (including phenoxy) is 1. The van der Waals surface area contributed by atoms with Crippen molar-refractivity contribution in [3.8, 4) is 5.75 Å². The van der Waals surface area contributed by atoms with Gasteiger partial charge in [-0.15, -0.1) is 0 Å². The zero-order chi connectivity index (χ0) is 16.2. The standard InChI is InChI=1S/C17H19BrN2O2/c1-17(2,3)12-4-7-14(8-5-12)22-11-16(21)20-15-9-6-13(18)10-19-15/h4-10H,11H2,1-3H3,(H,19,20,21). The van der Waals surface area contributed by atoms with Crippen LogP contribution in [0.4, 0.5) is 5.82 Å². The summed E-state index contributed by atoms with van der Waals surface area (Å²) >= 11 is 3.29. The van der Waals surface area contributed by atoms with Gasteiger partial charge in [0.1, 0.15) is 11.6 Å². The molecule has 2 aromatic rings. The van der Waals surface area contributed by atoms with Gasteiger partial charge in [-0.2, -0.15) is 0 Å². The van der Waals surface area contributed by atoms with Crippen molar-refractivity contribution in [3.05, 3.63) is 52.6 Å². The van der Waals surface area contributed by atoms with Gasteiger partial charge in [-0.3, -0.25) is 4.79 Å². The quantitative estimate of drug-likeness (QED) is 0.888. The largest absolute Gasteiger partial charge is 0.484 e. The van der Waals surface area contributed by atoms with E-state index in [-0.39, 0.29) is 17.9 Å². The number of carbonyl (C=O) groups is 1. The number of carbonyl (C=O) groups excluding carboxylic acids is 1. The summed E-state index contributed by atoms with van der Waals surface area (Å²) in [5.41, 5.74) is 1.33. The van der Waals surface area contributed by atoms with E-state index in [9.17, 15) is 4.79 Å². The molecule has 0 bridgehead atoms. The van der Waals surface area contributed by atoms with E-state index in [1.807, 2.05) is 30.3 Å². The first-order chi connectivity index (χ1) is 10.3. The van der Waals surface area contributed by atoms with Gasteiger partial charge in [0.25, 0.3) is 5.91 Å². The summed E-state index contributed by atoms with van der Waals surface area (Å²) in [5, 5.41) is 2.68. The third-order valence-corrected chi connectivity index (χ3v) is 3.55. The lowest BCUT2D eigenvalue weighted by molar-refractivity contribution is -0.118. The van der Waals surface area contributed by atoms with Crippen molar-refractivity contribution in [1.82, 2.24) is 4.98 Å². The van der Waals surface area contributed by atoms with Crippen LogP contribution in [0.1, 0.15) is 26.3 Å². The predicted octanol–water partition coefficient (Wildman–Crippen LogP) is 4.16. The maximum Gasteiger partial charge on any atom is 0.263 e. The van der Waals surface area contributed by atoms with Crippen LogP contribution in [0.15, 0.2) is 47.1 Å². The van der Waals surface area contributed by atoms with E-state index >= 15 is 0 Å². The summed E-state index contributed by atoms with van der Waals surface area (Å²) in [6, 6.07) is 11.3. The topological polar surface area (TPSA) is 51.2 Å². The number of halogens is 1. The maximum absolute atomic E-state index is 11.8. The van der Waals surface area contributed by atoms with Crippen molar-refractivity contribution >= 4 is 27.7 Å². The van der Waals surface area contributed by atoms with Gasteiger partial charge >= 0.3 is 0 Å². The van der Waals surface area contributed by atoms with E-state index < -0.39 is 0 Å². The van der Waals surface area contributed by atoms with Crippen LogP contribution in [0.25, 0.3) is 0 Å². The number of benzene rings is 1. The molecule has 1 N–H and O–H groups in total. The zero-order valence-electron chi connectivity index (χ0n) is 12.9. The third-order valence-electron chi connectivity index (χ3n) is 3.09. The van der Waals surface area contributed by atoms with Gasteiger partial charge in [-0.25, -0.2) is 4.98 Å². The van der Waals surface area contributed by atoms with Crippen LogP contribution in [0.2, 0.25) is 0 Å². The molecule has 0 saturated carbocycles. The molecule has 116 valence electrons. The Morgan fingerprint density at radius 2 is 1.86 bits per heavy atom. The molecule has 0 unspecified atom stereocenters. The summed E-state index contributed by atoms with van der Waals surface area (Å²) in [5.74, 6) is 0.932. The van der Waals surface area contributed by atoms with Gasteiger partial charge in [0.2, 0.25) is 0 Å². The van der Waals surface area contributed by atoms with Gasteiger partial charge in [-0.1, -0.05) is 32.9 Å². The fourth-order valence-corrected chi connectivity index (χ4v) is 2.06. The molecule has 5 heteroatoms. The second-order valence-electron chi connectivity index (χ2n) is 5.97. The lowest BCUT2D eigenvalue weighted by atomic mass is 9.87. The van der Waals surface area contributed by atoms with Gasteiger partial charge in [0.05, 0.1) is 0 Å². The highest BCUT2D eigenvalue weighted by Crippen LogP contribution is 2.24. The highest BCUT2D eigenvalue weighted by atomic mass is 79.9. The zero-order valence-corrected chi connectivity index (χ0v) is 14.5. The monoisotopic (exact) mass is 362 g/mol. The van der Waals surface area contributed by atoms with Gasteiger partial charge < -0.3 is 10.1 Å². The van der Waals surface area contributed by atoms with E-state index in [2.05, 4.69) is 47.0 Å². The lowest BCUT2D eigenvalue weighted by Gasteiger charge is -2.19. The Morgan fingerprint density at radius 3 is 2.41 bits per heavy atom. The highest BCUT2D eigenvalue weighted by Gasteiger charge is 2.13. The molecule has 0 radical (unpaired) electrons. The fourth-order valence-electron chi connectivity index (χ4n) is 1.83. The first kappa shape index (κ1) is 16.5. The summed E-state index contributed by atoms with van der Waals surface area (Å²) in [6.07, 6.45) is 1.63. The van der Waals surface area contributed by atoms with E-state index in [0.717, 1.165) is 4.47 Å². The number of amides is 1. The minimum absolute atomic E-state index is 0.0490. The molecule has 2 rings (SSSR count). The number of pyridine rings is 1.